The number of hydrogen-bond donors (Lipinski definition) is 2. The Morgan fingerprint density at radius 2 is 2.04 bits per heavy atom. The molecule has 1 heterocycles. The van der Waals surface area contributed by atoms with Crippen LogP contribution in [0.4, 0.5) is 4.39 Å². The van der Waals surface area contributed by atoms with E-state index in [1.165, 1.54) is 12.0 Å². The fourth-order valence-electron chi connectivity index (χ4n) is 3.48. The summed E-state index contributed by atoms with van der Waals surface area (Å²) >= 11 is 0. The van der Waals surface area contributed by atoms with E-state index < -0.39 is 0 Å². The van der Waals surface area contributed by atoms with Gasteiger partial charge in [-0.1, -0.05) is 25.5 Å². The van der Waals surface area contributed by atoms with Crippen molar-refractivity contribution in [3.05, 3.63) is 47.8 Å². The number of halogens is 1. The topological polar surface area (TPSA) is 67.1 Å². The number of aliphatic imine (C=N–C) groups is 1. The minimum absolute atomic E-state index is 0.0783. The van der Waals surface area contributed by atoms with Crippen LogP contribution in [-0.4, -0.2) is 40.9 Å². The number of aromatic nitrogens is 3. The molecule has 0 atom stereocenters. The van der Waals surface area contributed by atoms with E-state index in [9.17, 15) is 4.39 Å². The average Bonchev–Trinajstić information content (AvgIpc) is 3.08. The molecule has 0 aliphatic heterocycles. The highest BCUT2D eigenvalue weighted by atomic mass is 19.1. The first kappa shape index (κ1) is 18.4. The molecule has 0 amide bonds. The lowest BCUT2D eigenvalue weighted by molar-refractivity contribution is 0.243. The van der Waals surface area contributed by atoms with Gasteiger partial charge in [-0.05, 0) is 30.5 Å². The van der Waals surface area contributed by atoms with Crippen molar-refractivity contribution < 1.29 is 4.39 Å². The summed E-state index contributed by atoms with van der Waals surface area (Å²) in [5, 5.41) is 14.8. The third-order valence-corrected chi connectivity index (χ3v) is 5.24. The lowest BCUT2D eigenvalue weighted by atomic mass is 9.64. The summed E-state index contributed by atoms with van der Waals surface area (Å²) < 4.78 is 15.3. The molecule has 0 bridgehead atoms. The van der Waals surface area contributed by atoms with Gasteiger partial charge in [0.25, 0.3) is 0 Å². The van der Waals surface area contributed by atoms with E-state index in [0.717, 1.165) is 50.7 Å². The molecule has 6 nitrogen and oxygen atoms in total. The Bertz CT molecular complexity index is 733. The molecular weight excluding hydrogens is 331 g/mol. The molecule has 1 aliphatic rings. The van der Waals surface area contributed by atoms with E-state index in [-0.39, 0.29) is 11.2 Å². The molecule has 0 unspecified atom stereocenters. The summed E-state index contributed by atoms with van der Waals surface area (Å²) in [6, 6.07) is 6.91. The summed E-state index contributed by atoms with van der Waals surface area (Å²) in [6.45, 7) is 4.40. The molecule has 2 aromatic rings. The Labute approximate surface area is 153 Å². The van der Waals surface area contributed by atoms with Gasteiger partial charge in [-0.15, -0.1) is 10.2 Å². The molecule has 26 heavy (non-hydrogen) atoms. The Morgan fingerprint density at radius 3 is 2.65 bits per heavy atom. The standard InChI is InChI=1S/C19H27FN6/c1-3-17-25-24-14-26(17)12-11-22-18(21-2)23-13-19(9-4-10-19)15-5-7-16(20)8-6-15/h5-8,14H,3-4,9-13H2,1-2H3,(H2,21,22,23). The number of guanidine groups is 1. The van der Waals surface area contributed by atoms with Crippen molar-refractivity contribution >= 4 is 5.96 Å². The van der Waals surface area contributed by atoms with Crippen molar-refractivity contribution in [1.82, 2.24) is 25.4 Å². The van der Waals surface area contributed by atoms with Gasteiger partial charge in [0.05, 0.1) is 0 Å². The average molecular weight is 358 g/mol. The van der Waals surface area contributed by atoms with Gasteiger partial charge in [-0.25, -0.2) is 4.39 Å². The van der Waals surface area contributed by atoms with Gasteiger partial charge in [-0.3, -0.25) is 4.99 Å². The van der Waals surface area contributed by atoms with Gasteiger partial charge in [-0.2, -0.15) is 0 Å². The fraction of sp³-hybridized carbons (Fsp3) is 0.526. The molecule has 7 heteroatoms. The number of hydrogen-bond acceptors (Lipinski definition) is 3. The highest BCUT2D eigenvalue weighted by Gasteiger charge is 2.38. The zero-order valence-electron chi connectivity index (χ0n) is 15.5. The zero-order chi connectivity index (χ0) is 18.4. The molecule has 1 fully saturated rings. The van der Waals surface area contributed by atoms with E-state index in [2.05, 4.69) is 32.7 Å². The third kappa shape index (κ3) is 4.03. The molecule has 1 saturated carbocycles. The van der Waals surface area contributed by atoms with Crippen molar-refractivity contribution in [2.24, 2.45) is 4.99 Å². The smallest absolute Gasteiger partial charge is 0.191 e. The fourth-order valence-corrected chi connectivity index (χ4v) is 3.48. The molecule has 0 saturated heterocycles. The largest absolute Gasteiger partial charge is 0.356 e. The minimum atomic E-state index is -0.186. The van der Waals surface area contributed by atoms with Crippen LogP contribution in [0, 0.1) is 5.82 Å². The maximum Gasteiger partial charge on any atom is 0.191 e. The van der Waals surface area contributed by atoms with Crippen LogP contribution in [-0.2, 0) is 18.4 Å². The van der Waals surface area contributed by atoms with Gasteiger partial charge in [0, 0.05) is 38.5 Å². The SMILES string of the molecule is CCc1nncn1CCNC(=NC)NCC1(c2ccc(F)cc2)CCC1. The van der Waals surface area contributed by atoms with Crippen LogP contribution >= 0.6 is 0 Å². The summed E-state index contributed by atoms with van der Waals surface area (Å²) in [5.74, 6) is 1.58. The highest BCUT2D eigenvalue weighted by molar-refractivity contribution is 5.79. The van der Waals surface area contributed by atoms with Crippen LogP contribution in [0.5, 0.6) is 0 Å². The Morgan fingerprint density at radius 1 is 1.27 bits per heavy atom. The summed E-state index contributed by atoms with van der Waals surface area (Å²) in [7, 11) is 1.77. The predicted molar refractivity (Wildman–Crippen MR) is 101 cm³/mol. The maximum absolute atomic E-state index is 13.2. The molecule has 2 N–H and O–H groups in total. The van der Waals surface area contributed by atoms with Crippen molar-refractivity contribution in [2.45, 2.75) is 44.6 Å². The Kier molecular flexibility index (Phi) is 5.85. The number of nitrogens with zero attached hydrogens (tertiary/aromatic N) is 4. The van der Waals surface area contributed by atoms with Crippen LogP contribution in [0.15, 0.2) is 35.6 Å². The lowest BCUT2D eigenvalue weighted by Crippen LogP contribution is -2.49. The Hall–Kier alpha value is -2.44. The van der Waals surface area contributed by atoms with Crippen LogP contribution in [0.2, 0.25) is 0 Å². The van der Waals surface area contributed by atoms with E-state index in [0.29, 0.717) is 0 Å². The van der Waals surface area contributed by atoms with Crippen molar-refractivity contribution in [3.8, 4) is 0 Å². The van der Waals surface area contributed by atoms with Gasteiger partial charge in [0.2, 0.25) is 0 Å². The first-order valence-electron chi connectivity index (χ1n) is 9.24. The van der Waals surface area contributed by atoms with Gasteiger partial charge < -0.3 is 15.2 Å². The van der Waals surface area contributed by atoms with Gasteiger partial charge >= 0.3 is 0 Å². The second-order valence-corrected chi connectivity index (χ2v) is 6.79. The molecule has 1 aromatic carbocycles. The minimum Gasteiger partial charge on any atom is -0.356 e. The van der Waals surface area contributed by atoms with E-state index in [1.54, 1.807) is 25.5 Å². The number of benzene rings is 1. The lowest BCUT2D eigenvalue weighted by Gasteiger charge is -2.43. The second kappa shape index (κ2) is 8.29. The van der Waals surface area contributed by atoms with Crippen LogP contribution < -0.4 is 10.6 Å². The van der Waals surface area contributed by atoms with E-state index >= 15 is 0 Å². The van der Waals surface area contributed by atoms with E-state index in [1.807, 2.05) is 16.7 Å². The van der Waals surface area contributed by atoms with Crippen molar-refractivity contribution in [2.75, 3.05) is 20.1 Å². The quantitative estimate of drug-likeness (QED) is 0.589. The van der Waals surface area contributed by atoms with Crippen LogP contribution in [0.25, 0.3) is 0 Å². The van der Waals surface area contributed by atoms with Crippen molar-refractivity contribution in [3.63, 3.8) is 0 Å². The van der Waals surface area contributed by atoms with Gasteiger partial charge in [0.1, 0.15) is 18.0 Å². The predicted octanol–water partition coefficient (Wildman–Crippen LogP) is 2.27. The highest BCUT2D eigenvalue weighted by Crippen LogP contribution is 2.43. The number of rotatable bonds is 7. The van der Waals surface area contributed by atoms with Crippen LogP contribution in [0.3, 0.4) is 0 Å². The third-order valence-electron chi connectivity index (χ3n) is 5.24. The van der Waals surface area contributed by atoms with E-state index in [4.69, 9.17) is 0 Å². The number of aryl methyl sites for hydroxylation is 1. The van der Waals surface area contributed by atoms with Crippen molar-refractivity contribution in [1.29, 1.82) is 0 Å². The van der Waals surface area contributed by atoms with Gasteiger partial charge in [0.15, 0.2) is 5.96 Å². The first-order chi connectivity index (χ1) is 12.7. The molecule has 1 aromatic heterocycles. The Balaban J connectivity index is 1.52. The molecule has 1 aliphatic carbocycles. The molecule has 3 rings (SSSR count). The molecular formula is C19H27FN6. The monoisotopic (exact) mass is 358 g/mol. The normalized spacial score (nSPS) is 16.2. The molecule has 140 valence electrons. The molecule has 0 radical (unpaired) electrons. The number of nitrogens with one attached hydrogen (secondary N) is 2. The zero-order valence-corrected chi connectivity index (χ0v) is 15.5. The summed E-state index contributed by atoms with van der Waals surface area (Å²) in [5.41, 5.74) is 1.28. The summed E-state index contributed by atoms with van der Waals surface area (Å²) in [6.07, 6.45) is 6.06. The maximum atomic E-state index is 13.2. The second-order valence-electron chi connectivity index (χ2n) is 6.79. The first-order valence-corrected chi connectivity index (χ1v) is 9.24. The van der Waals surface area contributed by atoms with Crippen LogP contribution in [0.1, 0.15) is 37.6 Å². The summed E-state index contributed by atoms with van der Waals surface area (Å²) in [4.78, 5) is 4.31. The molecule has 0 spiro atoms.